The third kappa shape index (κ3) is 5.49. The van der Waals surface area contributed by atoms with E-state index in [9.17, 15) is 16.8 Å². The molecule has 2 N–H and O–H groups in total. The second-order valence-corrected chi connectivity index (χ2v) is 8.54. The number of rotatable bonds is 8. The van der Waals surface area contributed by atoms with E-state index >= 15 is 0 Å². The lowest BCUT2D eigenvalue weighted by atomic mass is 10.4. The van der Waals surface area contributed by atoms with E-state index < -0.39 is 20.0 Å². The Hall–Kier alpha value is -0.710. The van der Waals surface area contributed by atoms with Crippen molar-refractivity contribution in [2.24, 2.45) is 0 Å². The van der Waals surface area contributed by atoms with Crippen molar-refractivity contribution < 1.29 is 16.8 Å². The van der Waals surface area contributed by atoms with Gasteiger partial charge in [0.05, 0.1) is 9.79 Å². The first-order valence-electron chi connectivity index (χ1n) is 6.38. The van der Waals surface area contributed by atoms with Gasteiger partial charge in [-0.05, 0) is 38.2 Å². The summed E-state index contributed by atoms with van der Waals surface area (Å²) in [5.74, 6) is 0. The van der Waals surface area contributed by atoms with Crippen molar-refractivity contribution in [2.75, 3.05) is 34.2 Å². The molecule has 0 bridgehead atoms. The molecular weight excluding hydrogens is 350 g/mol. The molecule has 7 nitrogen and oxygen atoms in total. The van der Waals surface area contributed by atoms with Crippen LogP contribution in [0.5, 0.6) is 0 Å². The van der Waals surface area contributed by atoms with E-state index in [2.05, 4.69) is 10.0 Å². The topological polar surface area (TPSA) is 95.6 Å². The minimum absolute atomic E-state index is 0. The second-order valence-electron chi connectivity index (χ2n) is 4.62. The summed E-state index contributed by atoms with van der Waals surface area (Å²) in [6.45, 7) is 0.978. The van der Waals surface area contributed by atoms with Crippen molar-refractivity contribution in [1.82, 2.24) is 14.3 Å². The smallest absolute Gasteiger partial charge is 0.242 e. The molecule has 10 heteroatoms. The van der Waals surface area contributed by atoms with Crippen LogP contribution in [0.2, 0.25) is 0 Å². The molecule has 1 aromatic carbocycles. The molecule has 0 saturated carbocycles. The molecule has 0 saturated heterocycles. The van der Waals surface area contributed by atoms with Gasteiger partial charge in [0.1, 0.15) is 0 Å². The molecule has 0 spiro atoms. The highest BCUT2D eigenvalue weighted by Gasteiger charge is 2.20. The SMILES string of the molecule is CNCCCNS(=O)(=O)c1cccc(S(=O)(=O)N(C)C)c1.Cl. The van der Waals surface area contributed by atoms with Crippen LogP contribution in [-0.2, 0) is 20.0 Å². The van der Waals surface area contributed by atoms with Crippen molar-refractivity contribution in [3.63, 3.8) is 0 Å². The Balaban J connectivity index is 0.00000441. The van der Waals surface area contributed by atoms with Crippen molar-refractivity contribution >= 4 is 32.5 Å². The molecule has 1 aromatic rings. The summed E-state index contributed by atoms with van der Waals surface area (Å²) in [5.41, 5.74) is 0. The Morgan fingerprint density at radius 1 is 1.05 bits per heavy atom. The number of nitrogens with one attached hydrogen (secondary N) is 2. The first kappa shape index (κ1) is 21.3. The lowest BCUT2D eigenvalue weighted by molar-refractivity contribution is 0.520. The van der Waals surface area contributed by atoms with Gasteiger partial charge >= 0.3 is 0 Å². The maximum atomic E-state index is 12.1. The molecule has 0 aliphatic heterocycles. The van der Waals surface area contributed by atoms with Crippen LogP contribution in [0.1, 0.15) is 6.42 Å². The van der Waals surface area contributed by atoms with Crippen molar-refractivity contribution in [2.45, 2.75) is 16.2 Å². The zero-order valence-electron chi connectivity index (χ0n) is 12.7. The Kier molecular flexibility index (Phi) is 8.52. The van der Waals surface area contributed by atoms with Gasteiger partial charge in [-0.2, -0.15) is 0 Å². The summed E-state index contributed by atoms with van der Waals surface area (Å²) >= 11 is 0. The maximum Gasteiger partial charge on any atom is 0.242 e. The minimum atomic E-state index is -3.71. The standard InChI is InChI=1S/C12H21N3O4S2.ClH/c1-13-8-5-9-14-20(16,17)11-6-4-7-12(10-11)21(18,19)15(2)3;/h4,6-7,10,13-14H,5,8-9H2,1-3H3;1H. The average Bonchev–Trinajstić information content (AvgIpc) is 2.43. The van der Waals surface area contributed by atoms with E-state index in [4.69, 9.17) is 0 Å². The van der Waals surface area contributed by atoms with Crippen LogP contribution in [0.4, 0.5) is 0 Å². The van der Waals surface area contributed by atoms with Crippen molar-refractivity contribution in [1.29, 1.82) is 0 Å². The molecule has 22 heavy (non-hydrogen) atoms. The van der Waals surface area contributed by atoms with Crippen molar-refractivity contribution in [3.8, 4) is 0 Å². The van der Waals surface area contributed by atoms with Gasteiger partial charge in [0.2, 0.25) is 20.0 Å². The van der Waals surface area contributed by atoms with E-state index in [-0.39, 0.29) is 28.7 Å². The predicted molar refractivity (Wildman–Crippen MR) is 88.3 cm³/mol. The molecule has 0 fully saturated rings. The molecule has 128 valence electrons. The predicted octanol–water partition coefficient (Wildman–Crippen LogP) is 0.247. The number of benzene rings is 1. The third-order valence-electron chi connectivity index (χ3n) is 2.79. The van der Waals surface area contributed by atoms with Crippen molar-refractivity contribution in [3.05, 3.63) is 24.3 Å². The van der Waals surface area contributed by atoms with Gasteiger partial charge in [-0.3, -0.25) is 0 Å². The van der Waals surface area contributed by atoms with E-state index in [0.29, 0.717) is 13.0 Å². The van der Waals surface area contributed by atoms with Gasteiger partial charge in [0, 0.05) is 20.6 Å². The Morgan fingerprint density at radius 2 is 1.64 bits per heavy atom. The molecule has 0 aromatic heterocycles. The Labute approximate surface area is 138 Å². The molecule has 0 radical (unpaired) electrons. The minimum Gasteiger partial charge on any atom is -0.320 e. The lowest BCUT2D eigenvalue weighted by Crippen LogP contribution is -2.27. The quantitative estimate of drug-likeness (QED) is 0.638. The summed E-state index contributed by atoms with van der Waals surface area (Å²) in [5, 5.41) is 2.92. The fourth-order valence-corrected chi connectivity index (χ4v) is 3.71. The van der Waals surface area contributed by atoms with Crippen LogP contribution in [0.15, 0.2) is 34.1 Å². The molecule has 0 aliphatic carbocycles. The highest BCUT2D eigenvalue weighted by molar-refractivity contribution is 7.90. The lowest BCUT2D eigenvalue weighted by Gasteiger charge is -2.12. The fourth-order valence-electron chi connectivity index (χ4n) is 1.57. The van der Waals surface area contributed by atoms with Crippen LogP contribution in [0.3, 0.4) is 0 Å². The molecular formula is C12H22ClN3O4S2. The summed E-state index contributed by atoms with van der Waals surface area (Å²) in [4.78, 5) is -0.111. The van der Waals surface area contributed by atoms with Gasteiger partial charge in [-0.1, -0.05) is 6.07 Å². The van der Waals surface area contributed by atoms with Gasteiger partial charge in [0.15, 0.2) is 0 Å². The Morgan fingerprint density at radius 3 is 2.18 bits per heavy atom. The maximum absolute atomic E-state index is 12.1. The zero-order valence-corrected chi connectivity index (χ0v) is 15.2. The van der Waals surface area contributed by atoms with E-state index in [0.717, 1.165) is 10.4 Å². The summed E-state index contributed by atoms with van der Waals surface area (Å²) in [7, 11) is -2.80. The fraction of sp³-hybridized carbons (Fsp3) is 0.500. The normalized spacial score (nSPS) is 12.2. The van der Waals surface area contributed by atoms with Crippen LogP contribution >= 0.6 is 12.4 Å². The molecule has 0 atom stereocenters. The van der Waals surface area contributed by atoms with Gasteiger partial charge < -0.3 is 5.32 Å². The summed E-state index contributed by atoms with van der Waals surface area (Å²) in [6, 6.07) is 5.32. The highest BCUT2D eigenvalue weighted by atomic mass is 35.5. The molecule has 1 rings (SSSR count). The summed E-state index contributed by atoms with van der Waals surface area (Å²) in [6.07, 6.45) is 0.644. The van der Waals surface area contributed by atoms with E-state index in [1.165, 1.54) is 32.3 Å². The number of nitrogens with zero attached hydrogens (tertiary/aromatic N) is 1. The van der Waals surface area contributed by atoms with E-state index in [1.807, 2.05) is 0 Å². The Bertz CT molecular complexity index is 675. The molecule has 0 unspecified atom stereocenters. The number of hydrogen-bond acceptors (Lipinski definition) is 5. The van der Waals surface area contributed by atoms with Gasteiger partial charge in [-0.25, -0.2) is 25.9 Å². The van der Waals surface area contributed by atoms with Gasteiger partial charge in [-0.15, -0.1) is 12.4 Å². The molecule has 0 aliphatic rings. The first-order valence-corrected chi connectivity index (χ1v) is 9.31. The highest BCUT2D eigenvalue weighted by Crippen LogP contribution is 2.17. The van der Waals surface area contributed by atoms with Gasteiger partial charge in [0.25, 0.3) is 0 Å². The second kappa shape index (κ2) is 8.80. The molecule has 0 amide bonds. The third-order valence-corrected chi connectivity index (χ3v) is 6.06. The monoisotopic (exact) mass is 371 g/mol. The number of halogens is 1. The summed E-state index contributed by atoms with van der Waals surface area (Å²) < 4.78 is 51.7. The van der Waals surface area contributed by atoms with E-state index in [1.54, 1.807) is 7.05 Å². The van der Waals surface area contributed by atoms with Crippen LogP contribution in [0.25, 0.3) is 0 Å². The van der Waals surface area contributed by atoms with Crippen LogP contribution in [-0.4, -0.2) is 55.4 Å². The molecule has 0 heterocycles. The average molecular weight is 372 g/mol. The number of hydrogen-bond donors (Lipinski definition) is 2. The first-order chi connectivity index (χ1) is 9.71. The zero-order chi connectivity index (χ0) is 16.1. The van der Waals surface area contributed by atoms with Crippen LogP contribution < -0.4 is 10.0 Å². The van der Waals surface area contributed by atoms with Crippen LogP contribution in [0, 0.1) is 0 Å². The number of sulfonamides is 2. The largest absolute Gasteiger partial charge is 0.320 e.